The summed E-state index contributed by atoms with van der Waals surface area (Å²) in [7, 11) is 0. The highest BCUT2D eigenvalue weighted by molar-refractivity contribution is 7.99. The molecule has 0 spiro atoms. The number of carbonyl (C=O) groups is 1. The van der Waals surface area contributed by atoms with E-state index >= 15 is 0 Å². The number of carbonyl (C=O) groups excluding carboxylic acids is 1. The number of hydrogen-bond acceptors (Lipinski definition) is 6. The Kier molecular flexibility index (Phi) is 8.85. The number of para-hydroxylation sites is 1. The van der Waals surface area contributed by atoms with Gasteiger partial charge in [-0.15, -0.1) is 0 Å². The van der Waals surface area contributed by atoms with Gasteiger partial charge in [0.15, 0.2) is 5.58 Å². The number of piperazine rings is 1. The number of anilines is 1. The van der Waals surface area contributed by atoms with Crippen LogP contribution in [0, 0.1) is 6.92 Å². The molecule has 3 aromatic rings. The lowest BCUT2D eigenvalue weighted by molar-refractivity contribution is -0.142. The van der Waals surface area contributed by atoms with E-state index < -0.39 is 53.4 Å². The molecule has 1 aromatic heterocycles. The Balaban J connectivity index is 1.30. The summed E-state index contributed by atoms with van der Waals surface area (Å²) in [5.41, 5.74) is -5.89. The van der Waals surface area contributed by atoms with Gasteiger partial charge in [-0.2, -0.15) is 39.5 Å². The zero-order valence-corrected chi connectivity index (χ0v) is 22.1. The minimum Gasteiger partial charge on any atom is -0.431 e. The molecule has 0 atom stereocenters. The summed E-state index contributed by atoms with van der Waals surface area (Å²) in [5, 5.41) is 1.91. The van der Waals surface area contributed by atoms with Gasteiger partial charge >= 0.3 is 18.5 Å². The van der Waals surface area contributed by atoms with Crippen molar-refractivity contribution in [2.45, 2.75) is 30.7 Å². The second kappa shape index (κ2) is 11.7. The van der Waals surface area contributed by atoms with E-state index in [0.29, 0.717) is 50.6 Å². The normalized spacial score (nSPS) is 16.0. The lowest BCUT2D eigenvalue weighted by Gasteiger charge is -2.34. The van der Waals surface area contributed by atoms with Crippen molar-refractivity contribution in [2.75, 3.05) is 50.3 Å². The Labute approximate surface area is 231 Å². The Hall–Kier alpha value is -2.98. The van der Waals surface area contributed by atoms with E-state index in [4.69, 9.17) is 4.42 Å². The topological polar surface area (TPSA) is 61.6 Å². The molecule has 0 bridgehead atoms. The first-order valence-corrected chi connectivity index (χ1v) is 13.1. The smallest absolute Gasteiger partial charge is 0.420 e. The van der Waals surface area contributed by atoms with E-state index in [-0.39, 0.29) is 21.9 Å². The number of halogens is 9. The van der Waals surface area contributed by atoms with Gasteiger partial charge in [-0.1, -0.05) is 17.8 Å². The molecule has 4 rings (SSSR count). The number of nitrogens with one attached hydrogen (secondary N) is 1. The molecule has 1 N–H and O–H groups in total. The summed E-state index contributed by atoms with van der Waals surface area (Å²) in [6.45, 7) is 2.74. The van der Waals surface area contributed by atoms with Gasteiger partial charge in [0.25, 0.3) is 5.22 Å². The number of aromatic nitrogens is 1. The summed E-state index contributed by atoms with van der Waals surface area (Å²) in [6, 6.07) is 4.68. The molecule has 1 saturated heterocycles. The van der Waals surface area contributed by atoms with Crippen molar-refractivity contribution in [2.24, 2.45) is 0 Å². The van der Waals surface area contributed by atoms with Gasteiger partial charge in [-0.3, -0.25) is 14.6 Å². The summed E-state index contributed by atoms with van der Waals surface area (Å²) in [6.07, 6.45) is -14.8. The molecule has 1 fully saturated rings. The Morgan fingerprint density at radius 1 is 0.902 bits per heavy atom. The minimum absolute atomic E-state index is 0.0829. The maximum absolute atomic E-state index is 13.5. The zero-order chi connectivity index (χ0) is 30.2. The number of oxazole rings is 1. The van der Waals surface area contributed by atoms with E-state index in [1.54, 1.807) is 4.90 Å². The van der Waals surface area contributed by atoms with Crippen LogP contribution in [0.2, 0.25) is 0 Å². The number of benzene rings is 2. The molecular formula is C25H23F9N4O2S. The van der Waals surface area contributed by atoms with Crippen molar-refractivity contribution in [1.82, 2.24) is 14.8 Å². The molecule has 1 aliphatic heterocycles. The molecule has 224 valence electrons. The summed E-state index contributed by atoms with van der Waals surface area (Å²) < 4.78 is 126. The van der Waals surface area contributed by atoms with E-state index in [1.165, 1.54) is 12.1 Å². The van der Waals surface area contributed by atoms with Crippen LogP contribution in [0.5, 0.6) is 0 Å². The molecule has 2 heterocycles. The van der Waals surface area contributed by atoms with Gasteiger partial charge in [-0.05, 0) is 36.8 Å². The fourth-order valence-electron chi connectivity index (χ4n) is 4.40. The highest BCUT2D eigenvalue weighted by Crippen LogP contribution is 2.43. The van der Waals surface area contributed by atoms with Crippen LogP contribution in [0.4, 0.5) is 45.2 Å². The highest BCUT2D eigenvalue weighted by Gasteiger charge is 2.42. The van der Waals surface area contributed by atoms with Crippen molar-refractivity contribution in [1.29, 1.82) is 0 Å². The van der Waals surface area contributed by atoms with Crippen LogP contribution in [0.25, 0.3) is 11.1 Å². The third-order valence-corrected chi connectivity index (χ3v) is 7.13. The number of amides is 1. The van der Waals surface area contributed by atoms with Crippen LogP contribution in [0.3, 0.4) is 0 Å². The summed E-state index contributed by atoms with van der Waals surface area (Å²) in [5.74, 6) is -0.578. The van der Waals surface area contributed by atoms with Crippen molar-refractivity contribution >= 4 is 34.5 Å². The molecule has 0 saturated carbocycles. The van der Waals surface area contributed by atoms with Gasteiger partial charge in [0, 0.05) is 38.5 Å². The number of hydrogen-bond donors (Lipinski definition) is 1. The number of rotatable bonds is 7. The molecule has 16 heteroatoms. The van der Waals surface area contributed by atoms with E-state index in [9.17, 15) is 44.3 Å². The Bertz CT molecular complexity index is 1360. The van der Waals surface area contributed by atoms with Crippen LogP contribution in [0.15, 0.2) is 40.0 Å². The number of nitrogens with zero attached hydrogens (tertiary/aromatic N) is 3. The first-order valence-electron chi connectivity index (χ1n) is 12.2. The van der Waals surface area contributed by atoms with Crippen LogP contribution < -0.4 is 5.32 Å². The number of thioether (sulfide) groups is 1. The second-order valence-corrected chi connectivity index (χ2v) is 10.4. The van der Waals surface area contributed by atoms with E-state index in [0.717, 1.165) is 24.8 Å². The first-order chi connectivity index (χ1) is 19.0. The molecule has 1 amide bonds. The lowest BCUT2D eigenvalue weighted by atomic mass is 10.0. The SMILES string of the molecule is Cc1cc(C(F)(F)F)c(NC(=O)CN2CCN(CCSc3nc4cccc(C(F)(F)F)c4o3)CC2)c(C(F)(F)F)c1. The summed E-state index contributed by atoms with van der Waals surface area (Å²) >= 11 is 1.13. The lowest BCUT2D eigenvalue weighted by Crippen LogP contribution is -2.49. The number of fused-ring (bicyclic) bond motifs is 1. The van der Waals surface area contributed by atoms with Crippen LogP contribution in [-0.2, 0) is 23.3 Å². The van der Waals surface area contributed by atoms with E-state index in [1.807, 2.05) is 10.2 Å². The Morgan fingerprint density at radius 2 is 1.46 bits per heavy atom. The summed E-state index contributed by atoms with van der Waals surface area (Å²) in [4.78, 5) is 20.2. The number of alkyl halides is 9. The van der Waals surface area contributed by atoms with Crippen LogP contribution in [-0.4, -0.2) is 65.7 Å². The average Bonchev–Trinajstić information content (AvgIpc) is 3.27. The molecule has 1 aliphatic rings. The molecule has 0 aliphatic carbocycles. The predicted molar refractivity (Wildman–Crippen MR) is 132 cm³/mol. The van der Waals surface area contributed by atoms with Gasteiger partial charge in [0.05, 0.1) is 23.4 Å². The third-order valence-electron chi connectivity index (χ3n) is 6.32. The highest BCUT2D eigenvalue weighted by atomic mass is 32.2. The molecule has 0 radical (unpaired) electrons. The maximum Gasteiger partial charge on any atom is 0.420 e. The predicted octanol–water partition coefficient (Wildman–Crippen LogP) is 6.54. The minimum atomic E-state index is -5.11. The van der Waals surface area contributed by atoms with Crippen molar-refractivity contribution in [3.63, 3.8) is 0 Å². The zero-order valence-electron chi connectivity index (χ0n) is 21.3. The van der Waals surface area contributed by atoms with Crippen molar-refractivity contribution in [3.8, 4) is 0 Å². The van der Waals surface area contributed by atoms with Gasteiger partial charge < -0.3 is 9.73 Å². The van der Waals surface area contributed by atoms with E-state index in [2.05, 4.69) is 4.98 Å². The second-order valence-electron chi connectivity index (χ2n) is 9.38. The van der Waals surface area contributed by atoms with Crippen LogP contribution >= 0.6 is 11.8 Å². The quantitative estimate of drug-likeness (QED) is 0.241. The van der Waals surface area contributed by atoms with Gasteiger partial charge in [0.1, 0.15) is 11.1 Å². The first kappa shape index (κ1) is 31.0. The Morgan fingerprint density at radius 3 is 2.02 bits per heavy atom. The van der Waals surface area contributed by atoms with Gasteiger partial charge in [0.2, 0.25) is 5.91 Å². The molecule has 41 heavy (non-hydrogen) atoms. The molecule has 2 aromatic carbocycles. The van der Waals surface area contributed by atoms with Gasteiger partial charge in [-0.25, -0.2) is 4.98 Å². The maximum atomic E-state index is 13.5. The fourth-order valence-corrected chi connectivity index (χ4v) is 5.23. The fraction of sp³-hybridized carbons (Fsp3) is 0.440. The number of aryl methyl sites for hydroxylation is 1. The molecule has 0 unspecified atom stereocenters. The van der Waals surface area contributed by atoms with Crippen LogP contribution in [0.1, 0.15) is 22.3 Å². The standard InChI is InChI=1S/C25H23F9N4O2S/c1-14-11-16(24(29,30)31)20(17(12-14)25(32,33)34)36-19(39)13-38-7-5-37(6-8-38)9-10-41-22-35-18-4-2-3-15(21(18)40-22)23(26,27)28/h2-4,11-12H,5-10,13H2,1H3,(H,36,39). The molecular weight excluding hydrogens is 591 g/mol. The monoisotopic (exact) mass is 614 g/mol. The molecule has 6 nitrogen and oxygen atoms in total. The van der Waals surface area contributed by atoms with Crippen molar-refractivity contribution in [3.05, 3.63) is 52.6 Å². The van der Waals surface area contributed by atoms with Crippen molar-refractivity contribution < 1.29 is 48.7 Å². The average molecular weight is 615 g/mol. The largest absolute Gasteiger partial charge is 0.431 e. The third kappa shape index (κ3) is 7.65.